The second-order valence-electron chi connectivity index (χ2n) is 8.25. The molecule has 0 saturated carbocycles. The lowest BCUT2D eigenvalue weighted by Crippen LogP contribution is -2.15. The van der Waals surface area contributed by atoms with Gasteiger partial charge in [0.2, 0.25) is 0 Å². The first-order valence-electron chi connectivity index (χ1n) is 13.9. The van der Waals surface area contributed by atoms with Gasteiger partial charge in [-0.3, -0.25) is 4.79 Å². The van der Waals surface area contributed by atoms with Crippen LogP contribution in [0.3, 0.4) is 0 Å². The molecule has 0 aliphatic rings. The Hall–Kier alpha value is -0.190. The highest BCUT2D eigenvalue weighted by Gasteiger charge is 2.05. The summed E-state index contributed by atoms with van der Waals surface area (Å²) in [5, 5.41) is 8.92. The topological polar surface area (TPSA) is 120 Å². The van der Waals surface area contributed by atoms with Crippen molar-refractivity contribution >= 4 is 31.2 Å². The number of hydrogen-bond donors (Lipinski definition) is 3. The third kappa shape index (κ3) is 33.9. The maximum Gasteiger partial charge on any atom is 0.305 e. The number of unbranched alkanes of at least 4 members (excludes halogenated alkanes) is 1. The molecule has 0 bridgehead atoms. The predicted octanol–water partition coefficient (Wildman–Crippen LogP) is 1.83. The Bertz CT molecular complexity index is 493. The van der Waals surface area contributed by atoms with Gasteiger partial charge in [-0.25, -0.2) is 0 Å². The first-order valence-corrected chi connectivity index (χ1v) is 15.0. The minimum atomic E-state index is -0.185. The number of aliphatic hydroxyl groups excluding tert-OH is 1. The Balaban J connectivity index is 3.12. The van der Waals surface area contributed by atoms with Gasteiger partial charge in [0.15, 0.2) is 0 Å². The van der Waals surface area contributed by atoms with Crippen LogP contribution in [0.1, 0.15) is 32.1 Å². The molecule has 0 aromatic heterocycles. The Kier molecular flexibility index (Phi) is 33.8. The van der Waals surface area contributed by atoms with E-state index in [0.717, 1.165) is 31.4 Å². The minimum absolute atomic E-state index is 0.0234. The Labute approximate surface area is 245 Å². The van der Waals surface area contributed by atoms with Crippen LogP contribution in [0.15, 0.2) is 0 Å². The van der Waals surface area contributed by atoms with Crippen molar-refractivity contribution in [2.45, 2.75) is 37.4 Å². The molecule has 0 spiro atoms. The maximum atomic E-state index is 11.7. The van der Waals surface area contributed by atoms with Gasteiger partial charge in [-0.15, -0.1) is 0 Å². The van der Waals surface area contributed by atoms with Crippen molar-refractivity contribution in [1.82, 2.24) is 0 Å². The van der Waals surface area contributed by atoms with Crippen LogP contribution in [0.5, 0.6) is 0 Å². The van der Waals surface area contributed by atoms with E-state index in [2.05, 4.69) is 25.3 Å². The van der Waals surface area contributed by atoms with E-state index in [0.29, 0.717) is 117 Å². The SMILES string of the molecule is O=C(CCCCC(S)CCS)OCCOCCOCCOCCOCCOCCOCCOCCOCCO. The normalized spacial score (nSPS) is 12.2. The Morgan fingerprint density at radius 3 is 1.26 bits per heavy atom. The average molecular weight is 605 g/mol. The number of carbonyl (C=O) groups is 1. The number of aliphatic hydroxyl groups is 1. The summed E-state index contributed by atoms with van der Waals surface area (Å²) in [4.78, 5) is 11.7. The highest BCUT2D eigenvalue weighted by molar-refractivity contribution is 7.81. The fourth-order valence-electron chi connectivity index (χ4n) is 2.94. The fourth-order valence-corrected chi connectivity index (χ4v) is 3.76. The third-order valence-corrected chi connectivity index (χ3v) is 5.74. The van der Waals surface area contributed by atoms with Crippen molar-refractivity contribution in [2.24, 2.45) is 0 Å². The molecule has 0 aromatic carbocycles. The molecule has 1 unspecified atom stereocenters. The van der Waals surface area contributed by atoms with Crippen LogP contribution in [-0.4, -0.2) is 141 Å². The summed E-state index contributed by atoms with van der Waals surface area (Å²) in [7, 11) is 0. The zero-order valence-electron chi connectivity index (χ0n) is 23.5. The average Bonchev–Trinajstić information content (AvgIpc) is 2.93. The van der Waals surface area contributed by atoms with Crippen molar-refractivity contribution in [3.63, 3.8) is 0 Å². The zero-order valence-corrected chi connectivity index (χ0v) is 25.3. The molecule has 0 aliphatic heterocycles. The molecule has 0 rings (SSSR count). The van der Waals surface area contributed by atoms with Gasteiger partial charge in [0.1, 0.15) is 6.61 Å². The molecule has 234 valence electrons. The van der Waals surface area contributed by atoms with E-state index in [4.69, 9.17) is 47.7 Å². The molecule has 11 nitrogen and oxygen atoms in total. The van der Waals surface area contributed by atoms with Gasteiger partial charge in [-0.2, -0.15) is 25.3 Å². The van der Waals surface area contributed by atoms with Gasteiger partial charge in [-0.05, 0) is 25.0 Å². The van der Waals surface area contributed by atoms with Crippen LogP contribution in [0.25, 0.3) is 0 Å². The highest BCUT2D eigenvalue weighted by Crippen LogP contribution is 2.12. The molecule has 0 aromatic rings. The third-order valence-electron chi connectivity index (χ3n) is 4.96. The monoisotopic (exact) mass is 604 g/mol. The van der Waals surface area contributed by atoms with Crippen LogP contribution in [-0.2, 0) is 47.4 Å². The lowest BCUT2D eigenvalue weighted by Gasteiger charge is -2.09. The number of rotatable bonds is 33. The number of ether oxygens (including phenoxy) is 9. The fraction of sp³-hybridized carbons (Fsp3) is 0.962. The van der Waals surface area contributed by atoms with Crippen LogP contribution in [0.4, 0.5) is 0 Å². The number of hydrogen-bond acceptors (Lipinski definition) is 13. The molecule has 13 heteroatoms. The molecule has 0 fully saturated rings. The molecule has 0 amide bonds. The zero-order chi connectivity index (χ0) is 28.5. The van der Waals surface area contributed by atoms with Crippen LogP contribution in [0.2, 0.25) is 0 Å². The van der Waals surface area contributed by atoms with Crippen molar-refractivity contribution in [3.8, 4) is 0 Å². The summed E-state index contributed by atoms with van der Waals surface area (Å²) in [6.07, 6.45) is 4.20. The van der Waals surface area contributed by atoms with E-state index < -0.39 is 0 Å². The van der Waals surface area contributed by atoms with Crippen molar-refractivity contribution in [1.29, 1.82) is 0 Å². The number of carbonyl (C=O) groups excluding carboxylic acids is 1. The van der Waals surface area contributed by atoms with Gasteiger partial charge in [0.25, 0.3) is 0 Å². The first kappa shape index (κ1) is 38.8. The summed E-state index contributed by atoms with van der Waals surface area (Å²) in [6.45, 7) is 7.77. The first-order chi connectivity index (χ1) is 19.2. The van der Waals surface area contributed by atoms with E-state index >= 15 is 0 Å². The summed E-state index contributed by atoms with van der Waals surface area (Å²) in [6, 6.07) is 0. The highest BCUT2D eigenvalue weighted by atomic mass is 32.1. The second-order valence-corrected chi connectivity index (χ2v) is 9.43. The molecular weight excluding hydrogens is 552 g/mol. The van der Waals surface area contributed by atoms with Gasteiger partial charge < -0.3 is 47.7 Å². The standard InChI is InChI=1S/C26H52O11S2/c27-6-7-29-8-9-30-10-11-31-12-13-32-14-15-33-16-17-34-18-19-35-20-21-36-22-23-37-26(28)4-2-1-3-25(39)5-24-38/h25,27,38-39H,1-24H2. The van der Waals surface area contributed by atoms with Gasteiger partial charge in [0.05, 0.1) is 112 Å². The van der Waals surface area contributed by atoms with Crippen LogP contribution in [0, 0.1) is 0 Å². The molecule has 1 N–H and O–H groups in total. The number of thiol groups is 2. The smallest absolute Gasteiger partial charge is 0.305 e. The Morgan fingerprint density at radius 2 is 0.897 bits per heavy atom. The van der Waals surface area contributed by atoms with Gasteiger partial charge in [-0.1, -0.05) is 6.42 Å². The van der Waals surface area contributed by atoms with Crippen LogP contribution < -0.4 is 0 Å². The second kappa shape index (κ2) is 34.0. The molecule has 0 radical (unpaired) electrons. The van der Waals surface area contributed by atoms with Crippen LogP contribution >= 0.6 is 25.3 Å². The summed E-state index contributed by atoms with van der Waals surface area (Å²) >= 11 is 8.67. The molecule has 0 aliphatic carbocycles. The summed E-state index contributed by atoms with van der Waals surface area (Å²) in [5.41, 5.74) is 0. The van der Waals surface area contributed by atoms with Crippen molar-refractivity contribution in [3.05, 3.63) is 0 Å². The van der Waals surface area contributed by atoms with E-state index in [1.165, 1.54) is 0 Å². The predicted molar refractivity (Wildman–Crippen MR) is 154 cm³/mol. The van der Waals surface area contributed by atoms with E-state index in [1.54, 1.807) is 0 Å². The Morgan fingerprint density at radius 1 is 0.538 bits per heavy atom. The van der Waals surface area contributed by atoms with E-state index in [9.17, 15) is 4.79 Å². The summed E-state index contributed by atoms with van der Waals surface area (Å²) < 4.78 is 48.1. The quantitative estimate of drug-likeness (QED) is 0.0578. The van der Waals surface area contributed by atoms with E-state index in [-0.39, 0.29) is 19.2 Å². The molecule has 0 heterocycles. The maximum absolute atomic E-state index is 11.7. The summed E-state index contributed by atoms with van der Waals surface area (Å²) in [5.74, 6) is 0.653. The number of esters is 1. The van der Waals surface area contributed by atoms with Crippen molar-refractivity contribution < 1.29 is 52.5 Å². The molecule has 0 saturated heterocycles. The largest absolute Gasteiger partial charge is 0.463 e. The van der Waals surface area contributed by atoms with E-state index in [1.807, 2.05) is 0 Å². The van der Waals surface area contributed by atoms with Crippen molar-refractivity contribution in [2.75, 3.05) is 125 Å². The lowest BCUT2D eigenvalue weighted by molar-refractivity contribution is -0.145. The molecular formula is C26H52O11S2. The van der Waals surface area contributed by atoms with Gasteiger partial charge >= 0.3 is 5.97 Å². The van der Waals surface area contributed by atoms with Gasteiger partial charge in [0, 0.05) is 11.7 Å². The molecule has 39 heavy (non-hydrogen) atoms. The molecule has 1 atom stereocenters. The minimum Gasteiger partial charge on any atom is -0.463 e. The lowest BCUT2D eigenvalue weighted by atomic mass is 10.1.